The van der Waals surface area contributed by atoms with Gasteiger partial charge in [0.15, 0.2) is 0 Å². The molecule has 0 aliphatic carbocycles. The summed E-state index contributed by atoms with van der Waals surface area (Å²) in [4.78, 5) is 3.97. The van der Waals surface area contributed by atoms with Gasteiger partial charge in [0.25, 0.3) is 0 Å². The van der Waals surface area contributed by atoms with Crippen molar-refractivity contribution in [2.24, 2.45) is 0 Å². The Bertz CT molecular complexity index is 239. The molecule has 0 amide bonds. The number of pyridine rings is 1. The van der Waals surface area contributed by atoms with Crippen molar-refractivity contribution in [3.63, 3.8) is 0 Å². The number of anilines is 1. The number of hydrogen-bond donors (Lipinski definition) is 1. The second kappa shape index (κ2) is 2.92. The number of nitrogen functional groups attached to an aromatic ring is 1. The van der Waals surface area contributed by atoms with Crippen LogP contribution in [-0.4, -0.2) is 4.98 Å². The number of aromatic nitrogens is 1. The van der Waals surface area contributed by atoms with Gasteiger partial charge in [-0.3, -0.25) is 0 Å². The number of hydrogen-bond acceptors (Lipinski definition) is 2. The van der Waals surface area contributed by atoms with Crippen LogP contribution in [0.15, 0.2) is 6.07 Å². The number of halogens is 2. The van der Waals surface area contributed by atoms with Crippen LogP contribution in [0.5, 0.6) is 0 Å². The molecular weight excluding hydrogens is 262 g/mol. The van der Waals surface area contributed by atoms with Gasteiger partial charge in [-0.1, -0.05) is 11.6 Å². The fraction of sp³-hybridized carbons (Fsp3) is 0.167. The normalized spacial score (nSPS) is 9.90. The standard InChI is InChI=1S/C6H6ClIN2/c1-3-6(9)4(8)2-5(7)10-3/h2H,9H2,1H3. The van der Waals surface area contributed by atoms with E-state index < -0.39 is 0 Å². The Morgan fingerprint density at radius 3 is 2.80 bits per heavy atom. The largest absolute Gasteiger partial charge is 0.396 e. The summed E-state index contributed by atoms with van der Waals surface area (Å²) in [5.41, 5.74) is 7.12. The van der Waals surface area contributed by atoms with Gasteiger partial charge in [0.1, 0.15) is 5.15 Å². The van der Waals surface area contributed by atoms with Crippen LogP contribution in [0.1, 0.15) is 5.69 Å². The lowest BCUT2D eigenvalue weighted by atomic mass is 10.3. The van der Waals surface area contributed by atoms with Crippen LogP contribution in [0.4, 0.5) is 5.69 Å². The van der Waals surface area contributed by atoms with E-state index in [0.29, 0.717) is 10.8 Å². The Labute approximate surface area is 77.9 Å². The highest BCUT2D eigenvalue weighted by atomic mass is 127. The Morgan fingerprint density at radius 1 is 1.70 bits per heavy atom. The lowest BCUT2D eigenvalue weighted by Gasteiger charge is -2.00. The van der Waals surface area contributed by atoms with Crippen LogP contribution in [0.2, 0.25) is 5.15 Å². The van der Waals surface area contributed by atoms with Crippen molar-refractivity contribution in [3.05, 3.63) is 20.5 Å². The van der Waals surface area contributed by atoms with Crippen LogP contribution < -0.4 is 5.73 Å². The zero-order chi connectivity index (χ0) is 7.72. The van der Waals surface area contributed by atoms with Crippen molar-refractivity contribution < 1.29 is 0 Å². The molecule has 2 nitrogen and oxygen atoms in total. The van der Waals surface area contributed by atoms with Gasteiger partial charge in [0.05, 0.1) is 11.4 Å². The summed E-state index contributed by atoms with van der Waals surface area (Å²) in [7, 11) is 0. The van der Waals surface area contributed by atoms with Gasteiger partial charge in [-0.25, -0.2) is 4.98 Å². The third kappa shape index (κ3) is 1.52. The Hall–Kier alpha value is -0.0300. The number of nitrogens with two attached hydrogens (primary N) is 1. The molecule has 0 aliphatic rings. The molecule has 0 aliphatic heterocycles. The van der Waals surface area contributed by atoms with E-state index in [9.17, 15) is 0 Å². The monoisotopic (exact) mass is 268 g/mol. The van der Waals surface area contributed by atoms with Gasteiger partial charge in [-0.05, 0) is 35.6 Å². The lowest BCUT2D eigenvalue weighted by Crippen LogP contribution is -1.95. The van der Waals surface area contributed by atoms with Crippen molar-refractivity contribution in [1.29, 1.82) is 0 Å². The third-order valence-corrected chi connectivity index (χ3v) is 2.25. The van der Waals surface area contributed by atoms with E-state index in [1.165, 1.54) is 0 Å². The zero-order valence-electron chi connectivity index (χ0n) is 5.36. The third-order valence-electron chi connectivity index (χ3n) is 1.17. The highest BCUT2D eigenvalue weighted by molar-refractivity contribution is 14.1. The van der Waals surface area contributed by atoms with Gasteiger partial charge in [-0.2, -0.15) is 0 Å². The maximum atomic E-state index is 5.65. The van der Waals surface area contributed by atoms with E-state index in [-0.39, 0.29) is 0 Å². The molecule has 1 rings (SSSR count). The first-order valence-electron chi connectivity index (χ1n) is 2.69. The molecule has 0 atom stereocenters. The quantitative estimate of drug-likeness (QED) is 0.579. The molecule has 0 fully saturated rings. The summed E-state index contributed by atoms with van der Waals surface area (Å²) in [6.07, 6.45) is 0. The van der Waals surface area contributed by atoms with Crippen LogP contribution >= 0.6 is 34.2 Å². The first-order chi connectivity index (χ1) is 4.61. The second-order valence-corrected chi connectivity index (χ2v) is 3.48. The van der Waals surface area contributed by atoms with Crippen molar-refractivity contribution in [1.82, 2.24) is 4.98 Å². The predicted octanol–water partition coefficient (Wildman–Crippen LogP) is 2.23. The molecule has 0 spiro atoms. The summed E-state index contributed by atoms with van der Waals surface area (Å²) in [6, 6.07) is 1.74. The van der Waals surface area contributed by atoms with Gasteiger partial charge < -0.3 is 5.73 Å². The number of nitrogens with zero attached hydrogens (tertiary/aromatic N) is 1. The molecule has 0 aromatic carbocycles. The summed E-state index contributed by atoms with van der Waals surface area (Å²) < 4.78 is 0.954. The highest BCUT2D eigenvalue weighted by Gasteiger charge is 2.01. The predicted molar refractivity (Wildman–Crippen MR) is 51.1 cm³/mol. The van der Waals surface area contributed by atoms with Crippen LogP contribution in [-0.2, 0) is 0 Å². The maximum Gasteiger partial charge on any atom is 0.130 e. The highest BCUT2D eigenvalue weighted by Crippen LogP contribution is 2.20. The Morgan fingerprint density at radius 2 is 2.30 bits per heavy atom. The molecular formula is C6H6ClIN2. The molecule has 2 N–H and O–H groups in total. The molecule has 10 heavy (non-hydrogen) atoms. The van der Waals surface area contributed by atoms with E-state index in [0.717, 1.165) is 9.26 Å². The van der Waals surface area contributed by atoms with E-state index in [4.69, 9.17) is 17.3 Å². The van der Waals surface area contributed by atoms with E-state index in [2.05, 4.69) is 27.6 Å². The van der Waals surface area contributed by atoms with E-state index >= 15 is 0 Å². The summed E-state index contributed by atoms with van der Waals surface area (Å²) in [5.74, 6) is 0. The maximum absolute atomic E-state index is 5.65. The van der Waals surface area contributed by atoms with Gasteiger partial charge in [0.2, 0.25) is 0 Å². The SMILES string of the molecule is Cc1nc(Cl)cc(I)c1N. The van der Waals surface area contributed by atoms with Crippen molar-refractivity contribution >= 4 is 39.9 Å². The molecule has 1 heterocycles. The summed E-state index contributed by atoms with van der Waals surface area (Å²) in [6.45, 7) is 1.84. The van der Waals surface area contributed by atoms with Crippen molar-refractivity contribution in [2.45, 2.75) is 6.92 Å². The van der Waals surface area contributed by atoms with E-state index in [1.807, 2.05) is 6.92 Å². The molecule has 1 aromatic rings. The lowest BCUT2D eigenvalue weighted by molar-refractivity contribution is 1.20. The fourth-order valence-corrected chi connectivity index (χ4v) is 1.71. The molecule has 4 heteroatoms. The average molecular weight is 268 g/mol. The average Bonchev–Trinajstić information content (AvgIpc) is 1.82. The molecule has 1 aromatic heterocycles. The minimum absolute atomic E-state index is 0.496. The molecule has 54 valence electrons. The number of aryl methyl sites for hydroxylation is 1. The topological polar surface area (TPSA) is 38.9 Å². The van der Waals surface area contributed by atoms with Gasteiger partial charge in [0, 0.05) is 3.57 Å². The Kier molecular flexibility index (Phi) is 2.36. The van der Waals surface area contributed by atoms with E-state index in [1.54, 1.807) is 6.07 Å². The fourth-order valence-electron chi connectivity index (χ4n) is 0.608. The zero-order valence-corrected chi connectivity index (χ0v) is 8.27. The van der Waals surface area contributed by atoms with Gasteiger partial charge >= 0.3 is 0 Å². The van der Waals surface area contributed by atoms with Crippen molar-refractivity contribution in [3.8, 4) is 0 Å². The van der Waals surface area contributed by atoms with Crippen LogP contribution in [0.3, 0.4) is 0 Å². The first-order valence-corrected chi connectivity index (χ1v) is 4.15. The van der Waals surface area contributed by atoms with Crippen LogP contribution in [0.25, 0.3) is 0 Å². The molecule has 0 unspecified atom stereocenters. The summed E-state index contributed by atoms with van der Waals surface area (Å²) >= 11 is 7.78. The van der Waals surface area contributed by atoms with Gasteiger partial charge in [-0.15, -0.1) is 0 Å². The minimum atomic E-state index is 0.496. The smallest absolute Gasteiger partial charge is 0.130 e. The summed E-state index contributed by atoms with van der Waals surface area (Å²) in [5, 5.41) is 0.496. The van der Waals surface area contributed by atoms with Crippen molar-refractivity contribution in [2.75, 3.05) is 5.73 Å². The number of rotatable bonds is 0. The first kappa shape index (κ1) is 8.07. The Balaban J connectivity index is 3.31. The molecule has 0 saturated carbocycles. The molecule has 0 saturated heterocycles. The van der Waals surface area contributed by atoms with Crippen LogP contribution in [0, 0.1) is 10.5 Å². The molecule has 0 radical (unpaired) electrons. The minimum Gasteiger partial charge on any atom is -0.396 e. The second-order valence-electron chi connectivity index (χ2n) is 1.93. The molecule has 0 bridgehead atoms.